The quantitative estimate of drug-likeness (QED) is 0.180. The van der Waals surface area contributed by atoms with Crippen molar-refractivity contribution < 1.29 is 4.79 Å². The van der Waals surface area contributed by atoms with Crippen molar-refractivity contribution in [2.24, 2.45) is 64.9 Å². The van der Waals surface area contributed by atoms with Gasteiger partial charge in [0.1, 0.15) is 0 Å². The third kappa shape index (κ3) is 13.5. The Morgan fingerprint density at radius 2 is 1.64 bits per heavy atom. The second-order valence-corrected chi connectivity index (χ2v) is 17.1. The summed E-state index contributed by atoms with van der Waals surface area (Å²) in [4.78, 5) is 15.8. The Morgan fingerprint density at radius 3 is 2.30 bits per heavy atom. The molecule has 0 heterocycles. The third-order valence-corrected chi connectivity index (χ3v) is 12.9. The van der Waals surface area contributed by atoms with Crippen LogP contribution in [0, 0.1) is 59.2 Å². The Bertz CT molecular complexity index is 1250. The number of hydrogen-bond donors (Lipinski definition) is 2. The van der Waals surface area contributed by atoms with Gasteiger partial charge in [-0.25, -0.2) is 0 Å². The molecule has 1 aromatic rings. The molecule has 1 saturated carbocycles. The summed E-state index contributed by atoms with van der Waals surface area (Å²) in [7, 11) is 2.10. The molecule has 4 heteroatoms. The fourth-order valence-electron chi connectivity index (χ4n) is 9.16. The standard InChI is InChI=1S/C46H75N3O/c1-11-41-26-33(3)17-19-34(4)44(30-40-27-35(5)39(9)36(6)28-40)43(29-38(8)46(50)20-18-32(2)25-37(41)7)21-22-48-23-24-49(10)31-45(47)42-15-13-12-14-16-42/h12-16,18,20,25,31,34-41,43-44,48H,3,11,17,19,21-24,26-30,47H2,1-2,4-10H3/b20-18+,32-25+,45-31-/t34?,35-,36?,37-,38-,39-,40+,41-,43?,44?/m0/s1. The van der Waals surface area contributed by atoms with Gasteiger partial charge in [-0.05, 0) is 130 Å². The molecule has 280 valence electrons. The van der Waals surface area contributed by atoms with E-state index in [2.05, 4.69) is 104 Å². The number of carbonyl (C=O) groups is 1. The number of hydrogen-bond acceptors (Lipinski definition) is 4. The molecule has 0 spiro atoms. The third-order valence-electron chi connectivity index (χ3n) is 12.9. The Kier molecular flexibility index (Phi) is 17.6. The minimum absolute atomic E-state index is 0.0175. The van der Waals surface area contributed by atoms with E-state index in [-0.39, 0.29) is 11.7 Å². The van der Waals surface area contributed by atoms with Crippen molar-refractivity contribution in [1.82, 2.24) is 10.2 Å². The molecule has 1 fully saturated rings. The van der Waals surface area contributed by atoms with E-state index in [0.717, 1.165) is 86.7 Å². The smallest absolute Gasteiger partial charge is 0.158 e. The van der Waals surface area contributed by atoms with Crippen LogP contribution in [0.3, 0.4) is 0 Å². The number of carbonyl (C=O) groups excluding carboxylic acids is 1. The molecule has 10 atom stereocenters. The summed E-state index contributed by atoms with van der Waals surface area (Å²) in [5.74, 6) is 6.20. The van der Waals surface area contributed by atoms with Gasteiger partial charge in [0, 0.05) is 32.3 Å². The lowest BCUT2D eigenvalue weighted by atomic mass is 9.64. The first kappa shape index (κ1) is 41.8. The average Bonchev–Trinajstić information content (AvgIpc) is 3.08. The van der Waals surface area contributed by atoms with Crippen LogP contribution in [0.15, 0.2) is 72.5 Å². The van der Waals surface area contributed by atoms with Crippen molar-refractivity contribution in [1.29, 1.82) is 0 Å². The largest absolute Gasteiger partial charge is 0.397 e. The summed E-state index contributed by atoms with van der Waals surface area (Å²) in [6, 6.07) is 10.2. The molecule has 0 aromatic heterocycles. The van der Waals surface area contributed by atoms with E-state index in [1.807, 2.05) is 30.5 Å². The molecule has 0 aliphatic heterocycles. The van der Waals surface area contributed by atoms with Gasteiger partial charge in [0.15, 0.2) is 5.78 Å². The lowest BCUT2D eigenvalue weighted by Gasteiger charge is -2.42. The van der Waals surface area contributed by atoms with Crippen LogP contribution in [0.1, 0.15) is 119 Å². The van der Waals surface area contributed by atoms with Crippen molar-refractivity contribution in [3.63, 3.8) is 0 Å². The van der Waals surface area contributed by atoms with Crippen LogP contribution in [-0.2, 0) is 4.79 Å². The monoisotopic (exact) mass is 686 g/mol. The highest BCUT2D eigenvalue weighted by molar-refractivity contribution is 5.91. The molecule has 0 saturated heterocycles. The zero-order valence-electron chi connectivity index (χ0n) is 33.6. The molecular formula is C46H75N3O. The maximum absolute atomic E-state index is 13.6. The topological polar surface area (TPSA) is 58.4 Å². The van der Waals surface area contributed by atoms with Gasteiger partial charge in [0.25, 0.3) is 0 Å². The number of nitrogens with two attached hydrogens (primary N) is 1. The van der Waals surface area contributed by atoms with Crippen LogP contribution >= 0.6 is 0 Å². The number of allylic oxidation sites excluding steroid dienone is 5. The summed E-state index contributed by atoms with van der Waals surface area (Å²) in [6.07, 6.45) is 19.0. The number of nitrogens with one attached hydrogen (secondary N) is 1. The van der Waals surface area contributed by atoms with E-state index in [9.17, 15) is 4.79 Å². The molecule has 2 aliphatic carbocycles. The Labute approximate surface area is 308 Å². The molecule has 0 bridgehead atoms. The van der Waals surface area contributed by atoms with Gasteiger partial charge in [-0.1, -0.05) is 115 Å². The molecule has 4 unspecified atom stereocenters. The summed E-state index contributed by atoms with van der Waals surface area (Å²) in [5.41, 5.74) is 10.8. The number of nitrogens with zero attached hydrogens (tertiary/aromatic N) is 1. The van der Waals surface area contributed by atoms with Crippen molar-refractivity contribution in [3.8, 4) is 0 Å². The van der Waals surface area contributed by atoms with Gasteiger partial charge in [0.05, 0.1) is 5.70 Å². The fraction of sp³-hybridized carbons (Fsp3) is 0.674. The van der Waals surface area contributed by atoms with E-state index in [1.165, 1.54) is 36.8 Å². The second-order valence-electron chi connectivity index (χ2n) is 17.1. The predicted molar refractivity (Wildman–Crippen MR) is 217 cm³/mol. The van der Waals surface area contributed by atoms with Crippen molar-refractivity contribution in [3.05, 3.63) is 78.0 Å². The fourth-order valence-corrected chi connectivity index (χ4v) is 9.16. The predicted octanol–water partition coefficient (Wildman–Crippen LogP) is 10.9. The van der Waals surface area contributed by atoms with Gasteiger partial charge >= 0.3 is 0 Å². The van der Waals surface area contributed by atoms with Crippen LogP contribution in [0.2, 0.25) is 0 Å². The second kappa shape index (κ2) is 21.1. The molecule has 4 nitrogen and oxygen atoms in total. The number of likely N-dealkylation sites (N-methyl/N-ethyl adjacent to an activating group) is 1. The first-order valence-corrected chi connectivity index (χ1v) is 20.3. The summed E-state index contributed by atoms with van der Waals surface area (Å²) in [5, 5.41) is 3.78. The van der Waals surface area contributed by atoms with Crippen molar-refractivity contribution >= 4 is 11.5 Å². The summed E-state index contributed by atoms with van der Waals surface area (Å²) in [6.45, 7) is 26.3. The Morgan fingerprint density at radius 1 is 0.960 bits per heavy atom. The van der Waals surface area contributed by atoms with Crippen LogP contribution in [0.5, 0.6) is 0 Å². The first-order valence-electron chi connectivity index (χ1n) is 20.3. The van der Waals surface area contributed by atoms with E-state index < -0.39 is 0 Å². The summed E-state index contributed by atoms with van der Waals surface area (Å²) >= 11 is 0. The van der Waals surface area contributed by atoms with E-state index >= 15 is 0 Å². The van der Waals surface area contributed by atoms with Crippen molar-refractivity contribution in [2.75, 3.05) is 26.7 Å². The van der Waals surface area contributed by atoms with E-state index in [4.69, 9.17) is 5.73 Å². The molecule has 3 rings (SSSR count). The zero-order chi connectivity index (χ0) is 36.8. The van der Waals surface area contributed by atoms with Crippen LogP contribution in [-0.4, -0.2) is 37.4 Å². The Balaban J connectivity index is 1.80. The van der Waals surface area contributed by atoms with Crippen LogP contribution < -0.4 is 11.1 Å². The van der Waals surface area contributed by atoms with Crippen molar-refractivity contribution in [2.45, 2.75) is 113 Å². The molecule has 2 aliphatic rings. The van der Waals surface area contributed by atoms with Crippen LogP contribution in [0.25, 0.3) is 5.70 Å². The van der Waals surface area contributed by atoms with Crippen LogP contribution in [0.4, 0.5) is 0 Å². The molecule has 1 aromatic carbocycles. The normalized spacial score (nSPS) is 34.2. The maximum atomic E-state index is 13.6. The van der Waals surface area contributed by atoms with Gasteiger partial charge in [-0.3, -0.25) is 4.79 Å². The maximum Gasteiger partial charge on any atom is 0.158 e. The molecule has 50 heavy (non-hydrogen) atoms. The van der Waals surface area contributed by atoms with Gasteiger partial charge in [-0.2, -0.15) is 0 Å². The zero-order valence-corrected chi connectivity index (χ0v) is 33.6. The molecule has 3 N–H and O–H groups in total. The van der Waals surface area contributed by atoms with Gasteiger partial charge in [0.2, 0.25) is 0 Å². The number of benzene rings is 1. The van der Waals surface area contributed by atoms with Gasteiger partial charge < -0.3 is 16.0 Å². The molecule has 0 amide bonds. The molecule has 0 radical (unpaired) electrons. The van der Waals surface area contributed by atoms with E-state index in [1.54, 1.807) is 0 Å². The Hall–Kier alpha value is -2.59. The van der Waals surface area contributed by atoms with Gasteiger partial charge in [-0.15, -0.1) is 0 Å². The SMILES string of the molecule is C=C1CCC(C)C(C[C@H]2CC(C)[C@@H](C)[C@@H](C)C2)C(CCNCCN(C)/C=C(\N)c2ccccc2)C[C@H](C)C(=O)/C=C/C(C)=C/[C@H](C)[C@@H](CC)C1. The summed E-state index contributed by atoms with van der Waals surface area (Å²) < 4.78 is 0. The lowest BCUT2D eigenvalue weighted by molar-refractivity contribution is -0.118. The minimum Gasteiger partial charge on any atom is -0.397 e. The average molecular weight is 686 g/mol. The highest BCUT2D eigenvalue weighted by atomic mass is 16.1. The minimum atomic E-state index is 0.0175. The highest BCUT2D eigenvalue weighted by Crippen LogP contribution is 2.45. The lowest BCUT2D eigenvalue weighted by Crippen LogP contribution is -2.34. The molecular weight excluding hydrogens is 611 g/mol. The highest BCUT2D eigenvalue weighted by Gasteiger charge is 2.36. The first-order chi connectivity index (χ1) is 23.8. The number of rotatable bonds is 11. The van der Waals surface area contributed by atoms with E-state index in [0.29, 0.717) is 29.6 Å². The number of ketones is 1.